The summed E-state index contributed by atoms with van der Waals surface area (Å²) in [6, 6.07) is 0. The van der Waals surface area contributed by atoms with E-state index in [4.69, 9.17) is 14.5 Å². The molecule has 1 unspecified atom stereocenters. The van der Waals surface area contributed by atoms with Crippen molar-refractivity contribution in [3.63, 3.8) is 0 Å². The molecule has 0 spiro atoms. The van der Waals surface area contributed by atoms with Crippen LogP contribution in [0.3, 0.4) is 0 Å². The number of phosphoric acid groups is 1. The maximum absolute atomic E-state index is 10.9. The van der Waals surface area contributed by atoms with Crippen molar-refractivity contribution in [1.82, 2.24) is 0 Å². The van der Waals surface area contributed by atoms with Gasteiger partial charge in [0.05, 0.1) is 18.8 Å². The summed E-state index contributed by atoms with van der Waals surface area (Å²) in [6.07, 6.45) is -1.08. The third kappa shape index (κ3) is 5.03. The van der Waals surface area contributed by atoms with Crippen LogP contribution in [0.25, 0.3) is 0 Å². The van der Waals surface area contributed by atoms with Crippen LogP contribution in [-0.2, 0) is 22.7 Å². The zero-order valence-corrected chi connectivity index (χ0v) is 10.4. The Kier molecular flexibility index (Phi) is 5.10. The van der Waals surface area contributed by atoms with Gasteiger partial charge in [0.25, 0.3) is 0 Å². The van der Waals surface area contributed by atoms with Gasteiger partial charge in [0, 0.05) is 6.42 Å². The summed E-state index contributed by atoms with van der Waals surface area (Å²) in [6.45, 7) is 1.53. The fraction of sp³-hybridized carbons (Fsp3) is 1.00. The van der Waals surface area contributed by atoms with E-state index >= 15 is 0 Å². The Morgan fingerprint density at radius 2 is 2.19 bits per heavy atom. The molecular formula is C6H14O8P2. The Hall–Kier alpha value is 0.220. The number of aliphatic hydroxyl groups excluding tert-OH is 1. The van der Waals surface area contributed by atoms with E-state index in [0.717, 1.165) is 0 Å². The van der Waals surface area contributed by atoms with Gasteiger partial charge in [-0.1, -0.05) is 0 Å². The second-order valence-electron chi connectivity index (χ2n) is 3.43. The van der Waals surface area contributed by atoms with Gasteiger partial charge in [-0.3, -0.25) is 4.57 Å². The minimum atomic E-state index is -4.81. The molecule has 10 heteroatoms. The highest BCUT2D eigenvalue weighted by Gasteiger charge is 2.32. The van der Waals surface area contributed by atoms with E-state index in [1.54, 1.807) is 6.92 Å². The van der Waals surface area contributed by atoms with Gasteiger partial charge in [0.15, 0.2) is 0 Å². The van der Waals surface area contributed by atoms with Crippen molar-refractivity contribution in [3.8, 4) is 0 Å². The monoisotopic (exact) mass is 276 g/mol. The summed E-state index contributed by atoms with van der Waals surface area (Å²) < 4.78 is 34.8. The molecule has 0 aromatic carbocycles. The predicted molar refractivity (Wildman–Crippen MR) is 53.0 cm³/mol. The van der Waals surface area contributed by atoms with Crippen LogP contribution in [0.4, 0.5) is 0 Å². The molecule has 0 radical (unpaired) electrons. The topological polar surface area (TPSA) is 123 Å². The van der Waals surface area contributed by atoms with Gasteiger partial charge in [0.2, 0.25) is 0 Å². The van der Waals surface area contributed by atoms with Gasteiger partial charge < -0.3 is 24.2 Å². The Bertz CT molecular complexity index is 301. The number of hydrogen-bond acceptors (Lipinski definition) is 6. The smallest absolute Gasteiger partial charge is 0.390 e. The summed E-state index contributed by atoms with van der Waals surface area (Å²) in [5, 5.41) is 9.41. The molecule has 1 saturated heterocycles. The standard InChI is InChI=1S/C6H14O8P2/c1-4-2-5(7)6(13-4)3-12-15(8)14-16(9,10)11/h4-7,15H,2-3H2,1H3,(H2,9,10,11)/t4-,5+,6+/m0/s1. The second kappa shape index (κ2) is 5.71. The molecule has 16 heavy (non-hydrogen) atoms. The lowest BCUT2D eigenvalue weighted by atomic mass is 10.1. The van der Waals surface area contributed by atoms with Crippen LogP contribution in [-0.4, -0.2) is 39.8 Å². The van der Waals surface area contributed by atoms with E-state index in [9.17, 15) is 14.2 Å². The van der Waals surface area contributed by atoms with Crippen molar-refractivity contribution in [2.75, 3.05) is 6.61 Å². The minimum absolute atomic E-state index is 0.131. The molecular weight excluding hydrogens is 262 g/mol. The molecule has 3 N–H and O–H groups in total. The van der Waals surface area contributed by atoms with E-state index in [-0.39, 0.29) is 12.7 Å². The molecule has 1 aliphatic rings. The van der Waals surface area contributed by atoms with E-state index in [1.165, 1.54) is 0 Å². The maximum atomic E-state index is 10.9. The van der Waals surface area contributed by atoms with Gasteiger partial charge in [-0.15, -0.1) is 0 Å². The predicted octanol–water partition coefficient (Wildman–Crippen LogP) is 0.0403. The highest BCUT2D eigenvalue weighted by atomic mass is 31.2. The van der Waals surface area contributed by atoms with E-state index in [2.05, 4.69) is 8.83 Å². The van der Waals surface area contributed by atoms with Crippen molar-refractivity contribution in [3.05, 3.63) is 0 Å². The quantitative estimate of drug-likeness (QED) is 0.601. The molecule has 0 saturated carbocycles. The summed E-state index contributed by atoms with van der Waals surface area (Å²) in [5.41, 5.74) is 0. The Morgan fingerprint density at radius 3 is 2.62 bits per heavy atom. The number of hydrogen-bond donors (Lipinski definition) is 3. The van der Waals surface area contributed by atoms with Crippen LogP contribution in [0.5, 0.6) is 0 Å². The van der Waals surface area contributed by atoms with E-state index in [0.29, 0.717) is 6.42 Å². The first-order valence-corrected chi connectivity index (χ1v) is 7.29. The minimum Gasteiger partial charge on any atom is -0.390 e. The van der Waals surface area contributed by atoms with Crippen molar-refractivity contribution in [2.45, 2.75) is 31.7 Å². The number of ether oxygens (including phenoxy) is 1. The highest BCUT2D eigenvalue weighted by molar-refractivity contribution is 7.55. The third-order valence-electron chi connectivity index (χ3n) is 1.97. The summed E-state index contributed by atoms with van der Waals surface area (Å²) in [7, 11) is -8.08. The van der Waals surface area contributed by atoms with Gasteiger partial charge >= 0.3 is 16.1 Å². The SMILES string of the molecule is C[C@H]1C[C@@H](O)[C@@H](CO[PH](=O)OP(=O)(O)O)O1. The molecule has 4 atom stereocenters. The van der Waals surface area contributed by atoms with Crippen LogP contribution < -0.4 is 0 Å². The van der Waals surface area contributed by atoms with Gasteiger partial charge in [-0.25, -0.2) is 8.88 Å². The average Bonchev–Trinajstić information content (AvgIpc) is 2.38. The molecule has 8 nitrogen and oxygen atoms in total. The van der Waals surface area contributed by atoms with Crippen LogP contribution >= 0.6 is 16.1 Å². The highest BCUT2D eigenvalue weighted by Crippen LogP contribution is 2.47. The first-order chi connectivity index (χ1) is 7.28. The molecule has 96 valence electrons. The molecule has 0 bridgehead atoms. The fourth-order valence-corrected chi connectivity index (χ4v) is 2.65. The third-order valence-corrected chi connectivity index (χ3v) is 3.92. The normalized spacial score (nSPS) is 32.9. The van der Waals surface area contributed by atoms with Crippen LogP contribution in [0, 0.1) is 0 Å². The lowest BCUT2D eigenvalue weighted by Gasteiger charge is -2.14. The Labute approximate surface area is 92.7 Å². The second-order valence-corrected chi connectivity index (χ2v) is 5.93. The number of aliphatic hydroxyl groups is 1. The number of rotatable bonds is 5. The fourth-order valence-electron chi connectivity index (χ4n) is 1.36. The zero-order chi connectivity index (χ0) is 12.3. The first kappa shape index (κ1) is 14.3. The van der Waals surface area contributed by atoms with Gasteiger partial charge in [-0.2, -0.15) is 0 Å². The lowest BCUT2D eigenvalue weighted by Crippen LogP contribution is -2.25. The van der Waals surface area contributed by atoms with Crippen molar-refractivity contribution in [2.24, 2.45) is 0 Å². The molecule has 0 aliphatic carbocycles. The Morgan fingerprint density at radius 1 is 1.56 bits per heavy atom. The molecule has 1 fully saturated rings. The van der Waals surface area contributed by atoms with Crippen molar-refractivity contribution >= 4 is 16.1 Å². The molecule has 0 amide bonds. The van der Waals surface area contributed by atoms with E-state index in [1.807, 2.05) is 0 Å². The molecule has 1 heterocycles. The van der Waals surface area contributed by atoms with Gasteiger partial charge in [-0.05, 0) is 6.92 Å². The molecule has 1 rings (SSSR count). The maximum Gasteiger partial charge on any atom is 0.476 e. The van der Waals surface area contributed by atoms with Gasteiger partial charge in [0.1, 0.15) is 6.10 Å². The van der Waals surface area contributed by atoms with Crippen molar-refractivity contribution < 1.29 is 37.6 Å². The molecule has 0 aromatic heterocycles. The average molecular weight is 276 g/mol. The van der Waals surface area contributed by atoms with Crippen LogP contribution in [0.15, 0.2) is 0 Å². The summed E-state index contributed by atoms with van der Waals surface area (Å²) in [5.74, 6) is 0. The van der Waals surface area contributed by atoms with Crippen LogP contribution in [0.1, 0.15) is 13.3 Å². The Balaban J connectivity index is 2.30. The lowest BCUT2D eigenvalue weighted by molar-refractivity contribution is -0.0113. The zero-order valence-electron chi connectivity index (χ0n) is 8.48. The summed E-state index contributed by atoms with van der Waals surface area (Å²) >= 11 is 0. The molecule has 0 aromatic rings. The van der Waals surface area contributed by atoms with Crippen LogP contribution in [0.2, 0.25) is 0 Å². The van der Waals surface area contributed by atoms with E-state index < -0.39 is 28.3 Å². The largest absolute Gasteiger partial charge is 0.476 e. The van der Waals surface area contributed by atoms with Crippen molar-refractivity contribution in [1.29, 1.82) is 0 Å². The summed E-state index contributed by atoms with van der Waals surface area (Å²) in [4.78, 5) is 16.7. The molecule has 1 aliphatic heterocycles. The first-order valence-electron chi connectivity index (χ1n) is 4.53.